The van der Waals surface area contributed by atoms with Crippen LogP contribution in [-0.4, -0.2) is 18.3 Å². The van der Waals surface area contributed by atoms with Gasteiger partial charge in [-0.1, -0.05) is 121 Å². The molecule has 0 amide bonds. The third kappa shape index (κ3) is 4.01. The van der Waals surface area contributed by atoms with Crippen LogP contribution in [-0.2, 0) is 14.7 Å². The summed E-state index contributed by atoms with van der Waals surface area (Å²) in [5.74, 6) is -0.354. The van der Waals surface area contributed by atoms with Crippen LogP contribution in [0.25, 0.3) is 44.2 Å². The lowest BCUT2D eigenvalue weighted by molar-refractivity contribution is 0.00578. The zero-order valence-corrected chi connectivity index (χ0v) is 27.4. The molecular formula is C43H34BFO3. The van der Waals surface area contributed by atoms with Crippen molar-refractivity contribution in [3.05, 3.63) is 162 Å². The second kappa shape index (κ2) is 10.3. The Balaban J connectivity index is 1.21. The van der Waals surface area contributed by atoms with Gasteiger partial charge in [-0.25, -0.2) is 4.39 Å². The summed E-state index contributed by atoms with van der Waals surface area (Å²) >= 11 is 0. The van der Waals surface area contributed by atoms with Crippen LogP contribution < -0.4 is 5.46 Å². The molecule has 0 bridgehead atoms. The molecule has 0 radical (unpaired) electrons. The number of halogens is 1. The molecule has 3 nitrogen and oxygen atoms in total. The van der Waals surface area contributed by atoms with Crippen LogP contribution >= 0.6 is 0 Å². The fourth-order valence-electron chi connectivity index (χ4n) is 7.87. The van der Waals surface area contributed by atoms with Crippen molar-refractivity contribution < 1.29 is 18.1 Å². The van der Waals surface area contributed by atoms with Gasteiger partial charge in [-0.15, -0.1) is 0 Å². The number of fused-ring (bicyclic) bond motifs is 6. The average Bonchev–Trinajstić information content (AvgIpc) is 3.69. The minimum atomic E-state index is -0.747. The molecule has 1 aliphatic heterocycles. The molecule has 0 N–H and O–H groups in total. The van der Waals surface area contributed by atoms with Crippen molar-refractivity contribution in [2.75, 3.05) is 0 Å². The molecule has 48 heavy (non-hydrogen) atoms. The average molecular weight is 629 g/mol. The summed E-state index contributed by atoms with van der Waals surface area (Å²) in [5, 5.41) is 1.55. The Morgan fingerprint density at radius 3 is 1.73 bits per heavy atom. The molecule has 1 saturated heterocycles. The Kier molecular flexibility index (Phi) is 6.24. The summed E-state index contributed by atoms with van der Waals surface area (Å²) < 4.78 is 34.5. The zero-order valence-electron chi connectivity index (χ0n) is 27.4. The molecule has 0 atom stereocenters. The van der Waals surface area contributed by atoms with Crippen molar-refractivity contribution in [3.63, 3.8) is 0 Å². The van der Waals surface area contributed by atoms with E-state index in [9.17, 15) is 0 Å². The van der Waals surface area contributed by atoms with Gasteiger partial charge in [0, 0.05) is 21.8 Å². The van der Waals surface area contributed by atoms with Crippen molar-refractivity contribution in [2.24, 2.45) is 0 Å². The molecule has 6 aromatic carbocycles. The first-order valence-corrected chi connectivity index (χ1v) is 16.6. The monoisotopic (exact) mass is 628 g/mol. The van der Waals surface area contributed by atoms with Crippen molar-refractivity contribution in [1.29, 1.82) is 0 Å². The van der Waals surface area contributed by atoms with E-state index in [0.717, 1.165) is 16.5 Å². The lowest BCUT2D eigenvalue weighted by Gasteiger charge is -2.34. The molecular weight excluding hydrogens is 594 g/mol. The SMILES string of the molecule is CC1(C)OB(c2cc(F)cc3c2oc2c(-c4ccc(C5(c6ccccc6)c6ccccc6-c6ccccc65)cc4)cccc23)OC1(C)C. The van der Waals surface area contributed by atoms with E-state index in [4.69, 9.17) is 13.7 Å². The maximum absolute atomic E-state index is 15.2. The molecule has 1 aromatic heterocycles. The van der Waals surface area contributed by atoms with Gasteiger partial charge in [-0.2, -0.15) is 0 Å². The molecule has 0 spiro atoms. The predicted octanol–water partition coefficient (Wildman–Crippen LogP) is 10.1. The molecule has 9 rings (SSSR count). The standard InChI is InChI=1S/C43H34BFO3/c1-41(2)42(3,4)48-44(47-41)38-26-30(45)25-35-34-18-12-17-31(39(34)46-40(35)38)27-21-23-29(24-22-27)43(28-13-6-5-7-14-28)36-19-10-8-15-32(36)33-16-9-11-20-37(33)43/h5-26H,1-4H3. The number of benzene rings is 6. The van der Waals surface area contributed by atoms with E-state index in [0.29, 0.717) is 22.0 Å². The Morgan fingerprint density at radius 2 is 1.08 bits per heavy atom. The van der Waals surface area contributed by atoms with Gasteiger partial charge in [0.05, 0.1) is 16.6 Å². The first-order chi connectivity index (χ1) is 23.2. The van der Waals surface area contributed by atoms with E-state index in [1.165, 1.54) is 39.4 Å². The van der Waals surface area contributed by atoms with Gasteiger partial charge in [0.25, 0.3) is 0 Å². The van der Waals surface area contributed by atoms with Gasteiger partial charge in [-0.3, -0.25) is 0 Å². The normalized spacial score (nSPS) is 17.1. The Bertz CT molecular complexity index is 2310. The van der Waals surface area contributed by atoms with Crippen LogP contribution in [0, 0.1) is 5.82 Å². The summed E-state index contributed by atoms with van der Waals surface area (Å²) in [5.41, 5.74) is 9.72. The smallest absolute Gasteiger partial charge is 0.456 e. The highest BCUT2D eigenvalue weighted by Crippen LogP contribution is 2.56. The predicted molar refractivity (Wildman–Crippen MR) is 192 cm³/mol. The maximum Gasteiger partial charge on any atom is 0.498 e. The molecule has 1 aliphatic carbocycles. The molecule has 2 aliphatic rings. The Labute approximate surface area is 280 Å². The Hall–Kier alpha value is -4.97. The second-order valence-electron chi connectivity index (χ2n) is 14.0. The number of hydrogen-bond acceptors (Lipinski definition) is 3. The van der Waals surface area contributed by atoms with E-state index in [1.54, 1.807) is 6.07 Å². The number of furan rings is 1. The van der Waals surface area contributed by atoms with Crippen molar-refractivity contribution >= 4 is 34.5 Å². The topological polar surface area (TPSA) is 31.6 Å². The third-order valence-electron chi connectivity index (χ3n) is 10.9. The van der Waals surface area contributed by atoms with Crippen LogP contribution in [0.2, 0.25) is 0 Å². The molecule has 2 heterocycles. The first kappa shape index (κ1) is 29.2. The number of hydrogen-bond donors (Lipinski definition) is 0. The van der Waals surface area contributed by atoms with E-state index in [-0.39, 0.29) is 5.82 Å². The highest BCUT2D eigenvalue weighted by Gasteiger charge is 2.52. The minimum absolute atomic E-state index is 0.354. The van der Waals surface area contributed by atoms with E-state index in [2.05, 4.69) is 109 Å². The highest BCUT2D eigenvalue weighted by atomic mass is 19.1. The highest BCUT2D eigenvalue weighted by molar-refractivity contribution is 6.65. The number of rotatable bonds is 4. The van der Waals surface area contributed by atoms with Crippen LogP contribution in [0.4, 0.5) is 4.39 Å². The van der Waals surface area contributed by atoms with Crippen LogP contribution in [0.1, 0.15) is 49.9 Å². The summed E-state index contributed by atoms with van der Waals surface area (Å²) in [6.07, 6.45) is 0. The molecule has 1 fully saturated rings. The largest absolute Gasteiger partial charge is 0.498 e. The van der Waals surface area contributed by atoms with Crippen molar-refractivity contribution in [1.82, 2.24) is 0 Å². The van der Waals surface area contributed by atoms with E-state index < -0.39 is 23.7 Å². The zero-order chi connectivity index (χ0) is 32.8. The van der Waals surface area contributed by atoms with Gasteiger partial charge in [0.15, 0.2) is 0 Å². The minimum Gasteiger partial charge on any atom is -0.456 e. The van der Waals surface area contributed by atoms with Gasteiger partial charge in [-0.05, 0) is 78.8 Å². The Morgan fingerprint density at radius 1 is 0.521 bits per heavy atom. The molecule has 0 unspecified atom stereocenters. The third-order valence-corrected chi connectivity index (χ3v) is 10.9. The van der Waals surface area contributed by atoms with Gasteiger partial charge in [0.2, 0.25) is 0 Å². The van der Waals surface area contributed by atoms with Crippen LogP contribution in [0.15, 0.2) is 138 Å². The second-order valence-corrected chi connectivity index (χ2v) is 14.0. The van der Waals surface area contributed by atoms with E-state index >= 15 is 4.39 Å². The molecule has 234 valence electrons. The van der Waals surface area contributed by atoms with Crippen molar-refractivity contribution in [2.45, 2.75) is 44.3 Å². The van der Waals surface area contributed by atoms with Gasteiger partial charge in [0.1, 0.15) is 17.0 Å². The first-order valence-electron chi connectivity index (χ1n) is 16.6. The summed E-state index contributed by atoms with van der Waals surface area (Å²) in [4.78, 5) is 0. The summed E-state index contributed by atoms with van der Waals surface area (Å²) in [6.45, 7) is 7.98. The van der Waals surface area contributed by atoms with Crippen molar-refractivity contribution in [3.8, 4) is 22.3 Å². The van der Waals surface area contributed by atoms with Crippen LogP contribution in [0.3, 0.4) is 0 Å². The lowest BCUT2D eigenvalue weighted by Crippen LogP contribution is -2.41. The summed E-state index contributed by atoms with van der Waals surface area (Å²) in [7, 11) is -0.747. The number of para-hydroxylation sites is 1. The molecule has 7 aromatic rings. The van der Waals surface area contributed by atoms with Gasteiger partial charge < -0.3 is 13.7 Å². The molecule has 5 heteroatoms. The fourth-order valence-corrected chi connectivity index (χ4v) is 7.87. The van der Waals surface area contributed by atoms with Gasteiger partial charge >= 0.3 is 7.12 Å². The van der Waals surface area contributed by atoms with E-state index in [1.807, 2.05) is 39.8 Å². The maximum atomic E-state index is 15.2. The lowest BCUT2D eigenvalue weighted by atomic mass is 9.67. The van der Waals surface area contributed by atoms with Crippen LogP contribution in [0.5, 0.6) is 0 Å². The summed E-state index contributed by atoms with van der Waals surface area (Å²) in [6, 6.07) is 46.3. The molecule has 0 saturated carbocycles. The fraction of sp³-hybridized carbons (Fsp3) is 0.163. The quantitative estimate of drug-likeness (QED) is 0.182.